The molecule has 0 saturated carbocycles. The predicted octanol–water partition coefficient (Wildman–Crippen LogP) is -4.02. The number of aliphatic carboxylic acids is 4. The summed E-state index contributed by atoms with van der Waals surface area (Å²) in [5, 5.41) is 67.2. The highest BCUT2D eigenvalue weighted by atomic mass is 33.1. The van der Waals surface area contributed by atoms with Crippen LogP contribution >= 0.6 is 21.6 Å². The van der Waals surface area contributed by atoms with Crippen molar-refractivity contribution in [3.8, 4) is 0 Å². The van der Waals surface area contributed by atoms with Crippen molar-refractivity contribution in [3.05, 3.63) is 102 Å². The van der Waals surface area contributed by atoms with E-state index in [-0.39, 0.29) is 148 Å². The van der Waals surface area contributed by atoms with Crippen molar-refractivity contribution >= 4 is 150 Å². The van der Waals surface area contributed by atoms with Crippen LogP contribution in [0.15, 0.2) is 85.5 Å². The first-order valence-electron chi connectivity index (χ1n) is 41.7. The van der Waals surface area contributed by atoms with Crippen LogP contribution in [0, 0.1) is 11.8 Å². The Morgan fingerprint density at radius 1 is 0.551 bits per heavy atom. The third-order valence-electron chi connectivity index (χ3n) is 22.1. The Bertz CT molecular complexity index is 4720. The molecule has 22 N–H and O–H groups in total. The van der Waals surface area contributed by atoms with Gasteiger partial charge in [0, 0.05) is 131 Å². The number of para-hydroxylation sites is 1. The minimum Gasteiger partial charge on any atom is -0.481 e. The van der Waals surface area contributed by atoms with E-state index in [0.29, 0.717) is 33.8 Å². The number of carboxylic acids is 4. The molecule has 3 saturated heterocycles. The number of primary amides is 3. The molecule has 12 atom stereocenters. The molecule has 14 amide bonds. The molecular weight excluding hydrogens is 1700 g/mol. The van der Waals surface area contributed by atoms with E-state index < -0.39 is 210 Å². The second-order valence-corrected chi connectivity index (χ2v) is 34.2. The van der Waals surface area contributed by atoms with E-state index in [2.05, 4.69) is 68.1 Å². The van der Waals surface area contributed by atoms with E-state index in [1.54, 1.807) is 100 Å². The van der Waals surface area contributed by atoms with Crippen LogP contribution in [0.5, 0.6) is 0 Å². The van der Waals surface area contributed by atoms with Crippen molar-refractivity contribution in [1.82, 2.24) is 92.6 Å². The average molecular weight is 1810 g/mol. The number of nitrogens with two attached hydrogens (primary N) is 3. The molecule has 127 heavy (non-hydrogen) atoms. The Morgan fingerprint density at radius 3 is 1.63 bits per heavy atom. The van der Waals surface area contributed by atoms with Gasteiger partial charge in [-0.2, -0.15) is 0 Å². The molecule has 0 bridgehead atoms. The lowest BCUT2D eigenvalue weighted by Crippen LogP contribution is -2.62. The van der Waals surface area contributed by atoms with Gasteiger partial charge in [0.25, 0.3) is 0 Å². The lowest BCUT2D eigenvalue weighted by Gasteiger charge is -2.32. The first kappa shape index (κ1) is 100. The van der Waals surface area contributed by atoms with Gasteiger partial charge >= 0.3 is 23.9 Å². The molecule has 2 aromatic heterocycles. The van der Waals surface area contributed by atoms with Crippen molar-refractivity contribution in [2.75, 3.05) is 103 Å². The zero-order chi connectivity index (χ0) is 92.6. The second kappa shape index (κ2) is 49.5. The lowest BCUT2D eigenvalue weighted by molar-refractivity contribution is -0.143. The van der Waals surface area contributed by atoms with Gasteiger partial charge < -0.3 is 106 Å². The Hall–Kier alpha value is -12.3. The van der Waals surface area contributed by atoms with Gasteiger partial charge in [0.05, 0.1) is 51.8 Å². The van der Waals surface area contributed by atoms with Gasteiger partial charge in [-0.1, -0.05) is 109 Å². The molecule has 0 aliphatic carbocycles. The highest BCUT2D eigenvalue weighted by molar-refractivity contribution is 8.76. The quantitative estimate of drug-likeness (QED) is 0.0136. The number of imidazole rings is 1. The van der Waals surface area contributed by atoms with E-state index >= 15 is 24.0 Å². The molecule has 45 heteroatoms. The number of carbonyl (C=O) groups excluding carboxylic acids is 14. The summed E-state index contributed by atoms with van der Waals surface area (Å²) in [5.74, 6) is -21.3. The van der Waals surface area contributed by atoms with Gasteiger partial charge in [-0.05, 0) is 66.0 Å². The maximum absolute atomic E-state index is 15.6. The van der Waals surface area contributed by atoms with E-state index in [9.17, 15) is 82.8 Å². The Balaban J connectivity index is 1.07. The first-order chi connectivity index (χ1) is 60.5. The maximum Gasteiger partial charge on any atom is 0.317 e. The number of carboxylic acid groups (broad SMARTS) is 4. The monoisotopic (exact) mass is 1810 g/mol. The fourth-order valence-corrected chi connectivity index (χ4v) is 17.1. The van der Waals surface area contributed by atoms with Gasteiger partial charge in [-0.3, -0.25) is 106 Å². The number of hydrogen-bond donors (Lipinski definition) is 19. The Morgan fingerprint density at radius 2 is 1.07 bits per heavy atom. The predicted molar refractivity (Wildman–Crippen MR) is 462 cm³/mol. The normalized spacial score (nSPS) is 21.7. The van der Waals surface area contributed by atoms with Crippen LogP contribution < -0.4 is 70.4 Å². The Labute approximate surface area is 738 Å². The van der Waals surface area contributed by atoms with Crippen LogP contribution in [0.3, 0.4) is 0 Å². The number of unbranched alkanes of at least 4 members (excludes halogenated alkanes) is 1. The molecule has 3 aliphatic heterocycles. The van der Waals surface area contributed by atoms with Crippen LogP contribution in [0.2, 0.25) is 0 Å². The van der Waals surface area contributed by atoms with Crippen LogP contribution in [0.25, 0.3) is 21.7 Å². The summed E-state index contributed by atoms with van der Waals surface area (Å²) < 4.78 is 0. The van der Waals surface area contributed by atoms with Crippen LogP contribution in [0.1, 0.15) is 95.4 Å². The number of nitrogens with zero attached hydrogens (tertiary/aromatic N) is 6. The number of amides is 14. The highest BCUT2D eigenvalue weighted by Crippen LogP contribution is 2.28. The number of fused-ring (bicyclic) bond motifs is 2. The van der Waals surface area contributed by atoms with Crippen molar-refractivity contribution in [2.24, 2.45) is 29.0 Å². The van der Waals surface area contributed by atoms with Gasteiger partial charge in [-0.25, -0.2) is 4.98 Å². The second-order valence-electron chi connectivity index (χ2n) is 31.7. The zero-order valence-electron chi connectivity index (χ0n) is 70.7. The number of carbonyl (C=O) groups is 18. The SMILES string of the molecule is CC[C@H](C)[C@H](C)C(=O)N[C@H]1CSSC[C@@H](C(=O)N[C@@H](Cc2c[nH]c3ccccc23)C(=O)N2CCC[C@H]2C(=O)N[C@H](CCCCNC(=O)CN2CCN(CC(=O)O)CCN(CC(=O)O)CCN(CC(=O)O)CC2)C(N)=O)NC(=O)[C@H](CC(=O)O)NC(=O)[C@H](Cc2cnc[nH]2)NC(=O)[C@H](Cc2ccc3ccccc3c2)NC(=O)[C@H](CC(N)=O)NC(=O)[C@H](CC(N)=O)NC1=O. The van der Waals surface area contributed by atoms with Crippen molar-refractivity contribution in [2.45, 2.75) is 158 Å². The molecule has 5 aromatic rings. The number of aromatic nitrogens is 3. The summed E-state index contributed by atoms with van der Waals surface area (Å²) >= 11 is 0. The Kier molecular flexibility index (Phi) is 39.0. The van der Waals surface area contributed by atoms with Gasteiger partial charge in [0.1, 0.15) is 60.4 Å². The summed E-state index contributed by atoms with van der Waals surface area (Å²) in [4.78, 5) is 267. The summed E-state index contributed by atoms with van der Waals surface area (Å²) in [6, 6.07) is 1.97. The van der Waals surface area contributed by atoms with E-state index in [0.717, 1.165) is 27.0 Å². The van der Waals surface area contributed by atoms with Crippen LogP contribution in [-0.4, -0.2) is 330 Å². The van der Waals surface area contributed by atoms with E-state index in [4.69, 9.17) is 17.2 Å². The van der Waals surface area contributed by atoms with Crippen molar-refractivity contribution < 1.29 is 107 Å². The minimum atomic E-state index is -2.10. The number of benzene rings is 3. The standard InChI is InChI=1S/C82H113N21O22S2/c1-4-46(2)47(3)73(116)97-62-43-126-127-44-63(98-78(121)60(36-68(107)108)95-75(118)57(33-52-38-86-45-89-52)92-74(117)56(31-48-18-19-49-12-5-6-13-50(49)30-48)91-76(119)58(34-65(83)104)93-77(120)59(35-66(84)105)94-79(62)122)80(123)96-61(32-51-37-88-54-15-8-7-14-53(51)54)82(125)103-21-11-17-64(103)81(124)90-55(72(85)115)16-9-10-20-87-67(106)39-99-22-24-100(40-69(109)110)26-28-102(42-71(113)114)29-27-101(25-23-99)41-70(111)112/h5-8,12-15,18-19,30,37-38,45-47,55-64,88H,4,9-11,16-17,20-29,31-36,39-44H2,1-3H3,(H2,83,104)(H2,84,105)(H2,85,115)(H,86,89)(H,87,106)(H,90,124)(H,91,119)(H,92,117)(H,93,120)(H,94,122)(H,95,118)(H,96,123)(H,97,116)(H,98,121)(H,107,108)(H,109,110)(H,111,112)(H,113,114)/t46-,47-,55+,56-,57-,58-,59-,60-,61-,62-,63-,64-/m0/s1. The summed E-state index contributed by atoms with van der Waals surface area (Å²) in [6.07, 6.45) is 1.18. The summed E-state index contributed by atoms with van der Waals surface area (Å²) in [6.45, 7) is 5.37. The third-order valence-corrected chi connectivity index (χ3v) is 24.6. The molecular formula is C82H113N21O22S2. The number of aromatic amines is 2. The molecule has 8 rings (SSSR count). The lowest BCUT2D eigenvalue weighted by atomic mass is 9.92. The molecule has 5 heterocycles. The number of nitrogens with one attached hydrogen (secondary N) is 12. The number of rotatable bonds is 35. The largest absolute Gasteiger partial charge is 0.481 e. The molecule has 0 unspecified atom stereocenters. The maximum atomic E-state index is 15.6. The first-order valence-corrected chi connectivity index (χ1v) is 44.2. The molecule has 3 fully saturated rings. The third kappa shape index (κ3) is 32.2. The minimum absolute atomic E-state index is 0.0414. The van der Waals surface area contributed by atoms with Crippen molar-refractivity contribution in [3.63, 3.8) is 0 Å². The number of hydrogen-bond acceptors (Lipinski definition) is 25. The fourth-order valence-electron chi connectivity index (χ4n) is 14.8. The molecule has 690 valence electrons. The number of likely N-dealkylation sites (tertiary alicyclic amines) is 1. The fraction of sp³-hybridized carbons (Fsp3) is 0.524. The molecule has 43 nitrogen and oxygen atoms in total. The average Bonchev–Trinajstić information content (AvgIpc) is 1.68. The molecule has 3 aliphatic rings. The van der Waals surface area contributed by atoms with Gasteiger partial charge in [0.15, 0.2) is 0 Å². The highest BCUT2D eigenvalue weighted by Gasteiger charge is 2.42. The number of H-pyrrole nitrogens is 2. The summed E-state index contributed by atoms with van der Waals surface area (Å²) in [7, 11) is 1.61. The van der Waals surface area contributed by atoms with Crippen LogP contribution in [0.4, 0.5) is 0 Å². The topological polar surface area (TPSA) is 647 Å². The van der Waals surface area contributed by atoms with E-state index in [1.165, 1.54) is 17.4 Å². The zero-order valence-corrected chi connectivity index (χ0v) is 72.3. The van der Waals surface area contributed by atoms with Crippen LogP contribution in [-0.2, 0) is 106 Å². The molecule has 3 aromatic carbocycles. The molecule has 0 radical (unpaired) electrons. The van der Waals surface area contributed by atoms with Gasteiger partial charge in [0.2, 0.25) is 82.7 Å². The van der Waals surface area contributed by atoms with Crippen molar-refractivity contribution in [1.29, 1.82) is 0 Å². The van der Waals surface area contributed by atoms with E-state index in [1.807, 2.05) is 13.0 Å². The summed E-state index contributed by atoms with van der Waals surface area (Å²) in [5.41, 5.74) is 18.9. The smallest absolute Gasteiger partial charge is 0.317 e. The van der Waals surface area contributed by atoms with Gasteiger partial charge in [-0.15, -0.1) is 0 Å². The molecule has 0 spiro atoms.